The van der Waals surface area contributed by atoms with Gasteiger partial charge >= 0.3 is 0 Å². The van der Waals surface area contributed by atoms with Crippen LogP contribution in [0.2, 0.25) is 0 Å². The molecule has 1 rings (SSSR count). The first-order valence-electron chi connectivity index (χ1n) is 4.07. The van der Waals surface area contributed by atoms with Gasteiger partial charge in [-0.2, -0.15) is 0 Å². The van der Waals surface area contributed by atoms with Crippen molar-refractivity contribution in [3.8, 4) is 0 Å². The Balaban J connectivity index is 2.63. The molecular formula is C7H14N2O4. The number of aliphatic hydroxyl groups is 3. The number of hydrogen-bond acceptors (Lipinski definition) is 5. The monoisotopic (exact) mass is 190 g/mol. The molecule has 3 unspecified atom stereocenters. The Hall–Kier alpha value is -0.690. The van der Waals surface area contributed by atoms with E-state index in [4.69, 9.17) is 5.11 Å². The van der Waals surface area contributed by atoms with E-state index in [1.807, 2.05) is 0 Å². The van der Waals surface area contributed by atoms with Crippen molar-refractivity contribution in [2.45, 2.75) is 25.2 Å². The topological polar surface area (TPSA) is 93.0 Å². The van der Waals surface area contributed by atoms with Crippen molar-refractivity contribution in [3.63, 3.8) is 0 Å². The molecule has 0 aliphatic carbocycles. The van der Waals surface area contributed by atoms with E-state index in [0.717, 1.165) is 0 Å². The highest BCUT2D eigenvalue weighted by Crippen LogP contribution is 2.08. The average molecular weight is 190 g/mol. The van der Waals surface area contributed by atoms with E-state index < -0.39 is 18.2 Å². The van der Waals surface area contributed by atoms with Gasteiger partial charge in [0.25, 0.3) is 0 Å². The van der Waals surface area contributed by atoms with Gasteiger partial charge in [-0.3, -0.25) is 9.80 Å². The lowest BCUT2D eigenvalue weighted by Gasteiger charge is -2.38. The number of aliphatic hydroxyl groups excluding tert-OH is 3. The molecule has 4 N–H and O–H groups in total. The molecule has 3 atom stereocenters. The highest BCUT2D eigenvalue weighted by atomic mass is 16.3. The second-order valence-corrected chi connectivity index (χ2v) is 3.11. The first kappa shape index (κ1) is 10.4. The average Bonchev–Trinajstić information content (AvgIpc) is 2.09. The zero-order valence-electron chi connectivity index (χ0n) is 7.34. The first-order valence-corrected chi connectivity index (χ1v) is 4.07. The van der Waals surface area contributed by atoms with Crippen LogP contribution in [0.4, 0.5) is 0 Å². The summed E-state index contributed by atoms with van der Waals surface area (Å²) in [5, 5.41) is 28.6. The second-order valence-electron chi connectivity index (χ2n) is 3.11. The van der Waals surface area contributed by atoms with Crippen LogP contribution in [0.5, 0.6) is 0 Å². The summed E-state index contributed by atoms with van der Waals surface area (Å²) >= 11 is 0. The Morgan fingerprint density at radius 3 is 2.69 bits per heavy atom. The number of amides is 1. The van der Waals surface area contributed by atoms with E-state index in [9.17, 15) is 15.0 Å². The Kier molecular flexibility index (Phi) is 3.21. The molecule has 1 aliphatic heterocycles. The van der Waals surface area contributed by atoms with E-state index in [-0.39, 0.29) is 19.1 Å². The van der Waals surface area contributed by atoms with Crippen molar-refractivity contribution in [1.82, 2.24) is 10.4 Å². The summed E-state index contributed by atoms with van der Waals surface area (Å²) in [7, 11) is 0. The van der Waals surface area contributed by atoms with Gasteiger partial charge in [0.1, 0.15) is 12.2 Å². The van der Waals surface area contributed by atoms with Crippen LogP contribution in [0.15, 0.2) is 0 Å². The third kappa shape index (κ3) is 2.16. The second kappa shape index (κ2) is 4.01. The van der Waals surface area contributed by atoms with Gasteiger partial charge in [-0.1, -0.05) is 0 Å². The standard InChI is InChI=1S/C7H14N2O4/c1-4(11)9-2-6(12)7(13)5(3-10)8-9/h5-8,10,12-13H,2-3H2,1H3. The van der Waals surface area contributed by atoms with Crippen molar-refractivity contribution in [1.29, 1.82) is 0 Å². The van der Waals surface area contributed by atoms with Crippen molar-refractivity contribution in [2.75, 3.05) is 13.2 Å². The summed E-state index contributed by atoms with van der Waals surface area (Å²) in [6.45, 7) is 1.04. The van der Waals surface area contributed by atoms with Crippen LogP contribution in [-0.2, 0) is 4.79 Å². The number of nitrogens with one attached hydrogen (secondary N) is 1. The number of carbonyl (C=O) groups is 1. The molecule has 1 amide bonds. The molecule has 13 heavy (non-hydrogen) atoms. The van der Waals surface area contributed by atoms with Crippen LogP contribution in [-0.4, -0.2) is 57.6 Å². The lowest BCUT2D eigenvalue weighted by atomic mass is 10.0. The van der Waals surface area contributed by atoms with Gasteiger partial charge in [0, 0.05) is 6.92 Å². The molecule has 0 bridgehead atoms. The van der Waals surface area contributed by atoms with Gasteiger partial charge in [-0.05, 0) is 0 Å². The Bertz CT molecular complexity index is 199. The highest BCUT2D eigenvalue weighted by Gasteiger charge is 2.34. The summed E-state index contributed by atoms with van der Waals surface area (Å²) in [4.78, 5) is 10.9. The van der Waals surface area contributed by atoms with Crippen molar-refractivity contribution >= 4 is 5.91 Å². The zero-order valence-corrected chi connectivity index (χ0v) is 7.34. The van der Waals surface area contributed by atoms with Crippen molar-refractivity contribution in [2.24, 2.45) is 0 Å². The fourth-order valence-electron chi connectivity index (χ4n) is 1.26. The molecule has 0 spiro atoms. The molecule has 1 fully saturated rings. The maximum atomic E-state index is 10.9. The van der Waals surface area contributed by atoms with E-state index >= 15 is 0 Å². The molecule has 1 aliphatic rings. The predicted octanol–water partition coefficient (Wildman–Crippen LogP) is -2.56. The van der Waals surface area contributed by atoms with Gasteiger partial charge in [0.05, 0.1) is 19.2 Å². The summed E-state index contributed by atoms with van der Waals surface area (Å²) in [6, 6.07) is -0.687. The molecule has 76 valence electrons. The third-order valence-corrected chi connectivity index (χ3v) is 2.07. The molecule has 0 aromatic rings. The molecular weight excluding hydrogens is 176 g/mol. The van der Waals surface area contributed by atoms with E-state index in [2.05, 4.69) is 5.43 Å². The molecule has 1 saturated heterocycles. The smallest absolute Gasteiger partial charge is 0.233 e. The maximum Gasteiger partial charge on any atom is 0.233 e. The molecule has 6 heteroatoms. The van der Waals surface area contributed by atoms with E-state index in [1.54, 1.807) is 0 Å². The summed E-state index contributed by atoms with van der Waals surface area (Å²) < 4.78 is 0. The Labute approximate surface area is 75.7 Å². The number of nitrogens with zero attached hydrogens (tertiary/aromatic N) is 1. The highest BCUT2D eigenvalue weighted by molar-refractivity contribution is 5.72. The minimum atomic E-state index is -1.04. The largest absolute Gasteiger partial charge is 0.395 e. The summed E-state index contributed by atoms with van der Waals surface area (Å²) in [5.41, 5.74) is 2.61. The number of β-amino-alcohol motifs (C(OH)–C–C–N with tert-alkyl or cyclic N) is 1. The van der Waals surface area contributed by atoms with Crippen molar-refractivity contribution < 1.29 is 20.1 Å². The van der Waals surface area contributed by atoms with Crippen LogP contribution in [0, 0.1) is 0 Å². The van der Waals surface area contributed by atoms with Crippen LogP contribution < -0.4 is 5.43 Å². The SMILES string of the molecule is CC(=O)N1CC(O)C(O)C(CO)N1. The van der Waals surface area contributed by atoms with Crippen molar-refractivity contribution in [3.05, 3.63) is 0 Å². The van der Waals surface area contributed by atoms with Gasteiger partial charge in [0.2, 0.25) is 5.91 Å². The third-order valence-electron chi connectivity index (χ3n) is 2.07. The lowest BCUT2D eigenvalue weighted by molar-refractivity contribution is -0.147. The molecule has 0 aromatic heterocycles. The molecule has 6 nitrogen and oxygen atoms in total. The maximum absolute atomic E-state index is 10.9. The molecule has 0 radical (unpaired) electrons. The Morgan fingerprint density at radius 2 is 2.23 bits per heavy atom. The van der Waals surface area contributed by atoms with Crippen LogP contribution >= 0.6 is 0 Å². The van der Waals surface area contributed by atoms with Crippen LogP contribution in [0.25, 0.3) is 0 Å². The number of hydrogen-bond donors (Lipinski definition) is 4. The molecule has 0 aromatic carbocycles. The number of carbonyl (C=O) groups excluding carboxylic acids is 1. The minimum absolute atomic E-state index is 0.0347. The molecule has 1 heterocycles. The normalized spacial score (nSPS) is 34.8. The lowest BCUT2D eigenvalue weighted by Crippen LogP contribution is -2.64. The van der Waals surface area contributed by atoms with E-state index in [1.165, 1.54) is 11.9 Å². The van der Waals surface area contributed by atoms with Gasteiger partial charge in [-0.25, -0.2) is 5.43 Å². The Morgan fingerprint density at radius 1 is 1.62 bits per heavy atom. The van der Waals surface area contributed by atoms with Crippen LogP contribution in [0.1, 0.15) is 6.92 Å². The van der Waals surface area contributed by atoms with E-state index in [0.29, 0.717) is 0 Å². The number of hydrazine groups is 1. The minimum Gasteiger partial charge on any atom is -0.395 e. The fraction of sp³-hybridized carbons (Fsp3) is 0.857. The van der Waals surface area contributed by atoms with Gasteiger partial charge < -0.3 is 15.3 Å². The summed E-state index contributed by atoms with van der Waals surface area (Å²) in [5.74, 6) is -0.260. The first-order chi connectivity index (χ1) is 6.06. The van der Waals surface area contributed by atoms with Crippen LogP contribution in [0.3, 0.4) is 0 Å². The molecule has 0 saturated carbocycles. The number of rotatable bonds is 1. The zero-order chi connectivity index (χ0) is 10.0. The quantitative estimate of drug-likeness (QED) is 0.365. The predicted molar refractivity (Wildman–Crippen MR) is 43.4 cm³/mol. The fourth-order valence-corrected chi connectivity index (χ4v) is 1.26. The van der Waals surface area contributed by atoms with Gasteiger partial charge in [0.15, 0.2) is 0 Å². The summed E-state index contributed by atoms with van der Waals surface area (Å²) in [6.07, 6.45) is -2.05. The van der Waals surface area contributed by atoms with Gasteiger partial charge in [-0.15, -0.1) is 0 Å².